The van der Waals surface area contributed by atoms with E-state index in [1.165, 1.54) is 6.92 Å². The maximum absolute atomic E-state index is 8.36. The van der Waals surface area contributed by atoms with Crippen molar-refractivity contribution in [3.05, 3.63) is 11.8 Å². The lowest BCUT2D eigenvalue weighted by Crippen LogP contribution is -1.77. The summed E-state index contributed by atoms with van der Waals surface area (Å²) in [5.74, 6) is 0.0556. The van der Waals surface area contributed by atoms with Gasteiger partial charge in [-0.2, -0.15) is 0 Å². The van der Waals surface area contributed by atoms with Crippen molar-refractivity contribution in [2.75, 3.05) is 0 Å². The number of aliphatic hydroxyl groups is 1. The van der Waals surface area contributed by atoms with Crippen LogP contribution in [0.25, 0.3) is 0 Å². The van der Waals surface area contributed by atoms with Crippen LogP contribution in [0.15, 0.2) is 11.8 Å². The summed E-state index contributed by atoms with van der Waals surface area (Å²) in [5, 5.41) is 14.8. The average Bonchev–Trinajstić information content (AvgIpc) is 1.27. The van der Waals surface area contributed by atoms with Crippen molar-refractivity contribution >= 4 is 16.8 Å². The topological polar surface area (TPSA) is 44.1 Å². The van der Waals surface area contributed by atoms with E-state index >= 15 is 0 Å². The Morgan fingerprint density at radius 3 is 2.29 bits per heavy atom. The molecule has 2 nitrogen and oxygen atoms in total. The molecule has 0 spiro atoms. The lowest BCUT2D eigenvalue weighted by Gasteiger charge is -1.81. The molecule has 0 saturated carbocycles. The molecule has 0 heterocycles. The molecule has 2 N–H and O–H groups in total. The Morgan fingerprint density at radius 1 is 1.86 bits per heavy atom. The summed E-state index contributed by atoms with van der Waals surface area (Å²) in [7, 11) is 0. The highest BCUT2D eigenvalue weighted by Gasteiger charge is 1.81. The Balaban J connectivity index is 3.68. The number of aliphatic hydroxyl groups excluding tert-OH is 1. The Labute approximate surface area is 46.9 Å². The molecular formula is C4H6ClNO. The predicted octanol–water partition coefficient (Wildman–Crippen LogP) is 1.66. The molecule has 0 amide bonds. The van der Waals surface area contributed by atoms with Crippen LogP contribution in [-0.2, 0) is 0 Å². The Kier molecular flexibility index (Phi) is 2.45. The maximum atomic E-state index is 8.36. The number of rotatable bonds is 1. The van der Waals surface area contributed by atoms with Gasteiger partial charge in [-0.05, 0) is 6.92 Å². The van der Waals surface area contributed by atoms with Gasteiger partial charge in [0.2, 0.25) is 0 Å². The van der Waals surface area contributed by atoms with Crippen LogP contribution in [-0.4, -0.2) is 10.3 Å². The van der Waals surface area contributed by atoms with Crippen LogP contribution >= 0.6 is 11.6 Å². The van der Waals surface area contributed by atoms with Gasteiger partial charge in [-0.3, -0.25) is 5.41 Å². The van der Waals surface area contributed by atoms with Gasteiger partial charge in [-0.1, -0.05) is 11.6 Å². The zero-order valence-electron chi connectivity index (χ0n) is 3.90. The zero-order valence-corrected chi connectivity index (χ0v) is 4.66. The van der Waals surface area contributed by atoms with Gasteiger partial charge in [0.25, 0.3) is 0 Å². The Bertz CT molecular complexity index is 104. The lowest BCUT2D eigenvalue weighted by molar-refractivity contribution is 0.415. The fourth-order valence-electron chi connectivity index (χ4n) is 0.183. The standard InChI is InChI=1S/C4H6ClNO/c1-3(7)2-4(5)6/h2,6-7H,1H3/b3-2+,6-4?. The van der Waals surface area contributed by atoms with Crippen LogP contribution in [0.2, 0.25) is 0 Å². The van der Waals surface area contributed by atoms with E-state index in [2.05, 4.69) is 0 Å². The highest BCUT2D eigenvalue weighted by atomic mass is 35.5. The number of halogens is 1. The Morgan fingerprint density at radius 2 is 2.29 bits per heavy atom. The third-order valence-corrected chi connectivity index (χ3v) is 0.445. The minimum atomic E-state index is -0.153. The quantitative estimate of drug-likeness (QED) is 0.400. The van der Waals surface area contributed by atoms with E-state index in [-0.39, 0.29) is 10.9 Å². The van der Waals surface area contributed by atoms with E-state index in [9.17, 15) is 0 Å². The fraction of sp³-hybridized carbons (Fsp3) is 0.250. The molecule has 0 aliphatic heterocycles. The molecule has 0 aliphatic rings. The van der Waals surface area contributed by atoms with Crippen molar-refractivity contribution < 1.29 is 5.11 Å². The van der Waals surface area contributed by atoms with E-state index in [1.807, 2.05) is 0 Å². The number of hydrogen-bond donors (Lipinski definition) is 2. The van der Waals surface area contributed by atoms with E-state index < -0.39 is 0 Å². The normalized spacial score (nSPS) is 11.4. The lowest BCUT2D eigenvalue weighted by atomic mass is 10.5. The van der Waals surface area contributed by atoms with Gasteiger partial charge in [0, 0.05) is 6.08 Å². The van der Waals surface area contributed by atoms with Gasteiger partial charge < -0.3 is 5.11 Å². The molecule has 0 rings (SSSR count). The van der Waals surface area contributed by atoms with Crippen LogP contribution in [0, 0.1) is 5.41 Å². The van der Waals surface area contributed by atoms with Crippen LogP contribution in [0.5, 0.6) is 0 Å². The minimum Gasteiger partial charge on any atom is -0.513 e. The van der Waals surface area contributed by atoms with Crippen LogP contribution < -0.4 is 0 Å². The van der Waals surface area contributed by atoms with Gasteiger partial charge in [0.1, 0.15) is 5.17 Å². The first kappa shape index (κ1) is 6.50. The third kappa shape index (κ3) is 5.50. The van der Waals surface area contributed by atoms with E-state index in [4.69, 9.17) is 22.1 Å². The molecule has 40 valence electrons. The van der Waals surface area contributed by atoms with Gasteiger partial charge in [-0.15, -0.1) is 0 Å². The molecule has 0 bridgehead atoms. The fourth-order valence-corrected chi connectivity index (χ4v) is 0.341. The summed E-state index contributed by atoms with van der Waals surface area (Å²) < 4.78 is 0. The van der Waals surface area contributed by atoms with Crippen LogP contribution in [0.4, 0.5) is 0 Å². The second-order valence-electron chi connectivity index (χ2n) is 1.13. The molecule has 0 aromatic heterocycles. The zero-order chi connectivity index (χ0) is 5.86. The van der Waals surface area contributed by atoms with Gasteiger partial charge in [0.05, 0.1) is 5.76 Å². The van der Waals surface area contributed by atoms with Gasteiger partial charge in [0.15, 0.2) is 0 Å². The Hall–Kier alpha value is -0.500. The molecule has 0 atom stereocenters. The predicted molar refractivity (Wildman–Crippen MR) is 30.0 cm³/mol. The molecule has 0 aromatic rings. The number of nitrogens with one attached hydrogen (secondary N) is 1. The third-order valence-electron chi connectivity index (χ3n) is 0.336. The molecule has 0 unspecified atom stereocenters. The molecule has 0 saturated heterocycles. The van der Waals surface area contributed by atoms with Crippen molar-refractivity contribution in [1.29, 1.82) is 5.41 Å². The summed E-state index contributed by atoms with van der Waals surface area (Å²) in [6.45, 7) is 1.46. The molecule has 7 heavy (non-hydrogen) atoms. The van der Waals surface area contributed by atoms with Crippen molar-refractivity contribution in [2.24, 2.45) is 0 Å². The van der Waals surface area contributed by atoms with Crippen molar-refractivity contribution in [2.45, 2.75) is 6.92 Å². The summed E-state index contributed by atoms with van der Waals surface area (Å²) >= 11 is 5.02. The highest BCUT2D eigenvalue weighted by molar-refractivity contribution is 6.67. The first-order valence-corrected chi connectivity index (χ1v) is 2.12. The highest BCUT2D eigenvalue weighted by Crippen LogP contribution is 1.88. The second kappa shape index (κ2) is 2.64. The molecular weight excluding hydrogens is 114 g/mol. The van der Waals surface area contributed by atoms with Crippen LogP contribution in [0.3, 0.4) is 0 Å². The first-order chi connectivity index (χ1) is 3.13. The average molecular weight is 120 g/mol. The number of hydrogen-bond acceptors (Lipinski definition) is 2. The largest absolute Gasteiger partial charge is 0.513 e. The van der Waals surface area contributed by atoms with Crippen molar-refractivity contribution in [3.8, 4) is 0 Å². The summed E-state index contributed by atoms with van der Waals surface area (Å²) in [6.07, 6.45) is 1.15. The van der Waals surface area contributed by atoms with Gasteiger partial charge >= 0.3 is 0 Å². The molecule has 0 fully saturated rings. The number of allylic oxidation sites excluding steroid dienone is 2. The van der Waals surface area contributed by atoms with Crippen molar-refractivity contribution in [1.82, 2.24) is 0 Å². The monoisotopic (exact) mass is 119 g/mol. The molecule has 0 aliphatic carbocycles. The smallest absolute Gasteiger partial charge is 0.124 e. The van der Waals surface area contributed by atoms with Gasteiger partial charge in [-0.25, -0.2) is 0 Å². The van der Waals surface area contributed by atoms with E-state index in [0.717, 1.165) is 6.08 Å². The maximum Gasteiger partial charge on any atom is 0.124 e. The molecule has 0 aromatic carbocycles. The summed E-state index contributed by atoms with van der Waals surface area (Å²) in [4.78, 5) is 0. The van der Waals surface area contributed by atoms with E-state index in [0.29, 0.717) is 0 Å². The molecule has 3 heteroatoms. The second-order valence-corrected chi connectivity index (χ2v) is 1.54. The summed E-state index contributed by atoms with van der Waals surface area (Å²) in [6, 6.07) is 0. The minimum absolute atomic E-state index is 0.0556. The first-order valence-electron chi connectivity index (χ1n) is 1.74. The summed E-state index contributed by atoms with van der Waals surface area (Å²) in [5.41, 5.74) is 0. The van der Waals surface area contributed by atoms with Crippen LogP contribution in [0.1, 0.15) is 6.92 Å². The van der Waals surface area contributed by atoms with Crippen molar-refractivity contribution in [3.63, 3.8) is 0 Å². The van der Waals surface area contributed by atoms with E-state index in [1.54, 1.807) is 0 Å². The molecule has 0 radical (unpaired) electrons. The SMILES string of the molecule is C/C(O)=C\C(=N)Cl.